The molecule has 1 aliphatic carbocycles. The van der Waals surface area contributed by atoms with Gasteiger partial charge in [-0.15, -0.1) is 0 Å². The molecule has 0 N–H and O–H groups in total. The topological polar surface area (TPSA) is 94.8 Å². The number of aromatic nitrogens is 4. The summed E-state index contributed by atoms with van der Waals surface area (Å²) in [6.45, 7) is 0. The fourth-order valence-corrected chi connectivity index (χ4v) is 4.03. The lowest BCUT2D eigenvalue weighted by atomic mass is 10.1. The van der Waals surface area contributed by atoms with Crippen LogP contribution >= 0.6 is 0 Å². The van der Waals surface area contributed by atoms with E-state index in [0.29, 0.717) is 18.5 Å². The normalized spacial score (nSPS) is 18.7. The van der Waals surface area contributed by atoms with Crippen molar-refractivity contribution in [1.29, 1.82) is 0 Å². The Morgan fingerprint density at radius 2 is 2.00 bits per heavy atom. The lowest BCUT2D eigenvalue weighted by Crippen LogP contribution is -2.18. The maximum Gasteiger partial charge on any atom is 0.272 e. The second-order valence-electron chi connectivity index (χ2n) is 5.37. The van der Waals surface area contributed by atoms with E-state index in [-0.39, 0.29) is 22.6 Å². The zero-order valence-electron chi connectivity index (χ0n) is 11.9. The van der Waals surface area contributed by atoms with Crippen LogP contribution in [0.25, 0.3) is 5.69 Å². The van der Waals surface area contributed by atoms with Gasteiger partial charge in [-0.2, -0.15) is 4.68 Å². The first-order valence-electron chi connectivity index (χ1n) is 7.17. The molecule has 22 heavy (non-hydrogen) atoms. The first kappa shape index (κ1) is 14.8. The summed E-state index contributed by atoms with van der Waals surface area (Å²) in [6.07, 6.45) is 2.53. The summed E-state index contributed by atoms with van der Waals surface area (Å²) in [5.74, 6) is -0.0925. The van der Waals surface area contributed by atoms with Crippen LogP contribution in [0.5, 0.6) is 0 Å². The van der Waals surface area contributed by atoms with Gasteiger partial charge in [-0.25, -0.2) is 8.42 Å². The van der Waals surface area contributed by atoms with Gasteiger partial charge in [0.25, 0.3) is 5.16 Å². The molecule has 3 rings (SSSR count). The van der Waals surface area contributed by atoms with E-state index in [9.17, 15) is 13.2 Å². The van der Waals surface area contributed by atoms with Crippen molar-refractivity contribution in [2.45, 2.75) is 30.8 Å². The Morgan fingerprint density at radius 1 is 1.23 bits per heavy atom. The smallest absolute Gasteiger partial charge is 0.272 e. The minimum absolute atomic E-state index is 0.114. The second-order valence-corrected chi connectivity index (χ2v) is 7.37. The standard InChI is InChI=1S/C14H16N4O3S/c19-13-8-4-5-11(13)9-10-22(20,21)14-15-16-17-18(14)12-6-2-1-3-7-12/h1-3,6-7,11H,4-5,8-10H2. The molecule has 8 heteroatoms. The molecule has 1 aromatic heterocycles. The lowest BCUT2D eigenvalue weighted by Gasteiger charge is -2.08. The van der Waals surface area contributed by atoms with Crippen molar-refractivity contribution in [3.05, 3.63) is 30.3 Å². The monoisotopic (exact) mass is 320 g/mol. The van der Waals surface area contributed by atoms with Gasteiger partial charge in [-0.3, -0.25) is 4.79 Å². The van der Waals surface area contributed by atoms with Crippen LogP contribution in [0.15, 0.2) is 35.5 Å². The molecular weight excluding hydrogens is 304 g/mol. The molecule has 1 fully saturated rings. The van der Waals surface area contributed by atoms with E-state index in [4.69, 9.17) is 0 Å². The Hall–Kier alpha value is -2.09. The number of para-hydroxylation sites is 1. The molecule has 1 aromatic carbocycles. The van der Waals surface area contributed by atoms with E-state index in [2.05, 4.69) is 15.5 Å². The summed E-state index contributed by atoms with van der Waals surface area (Å²) in [7, 11) is -3.63. The summed E-state index contributed by atoms with van der Waals surface area (Å²) >= 11 is 0. The summed E-state index contributed by atoms with van der Waals surface area (Å²) in [5, 5.41) is 10.7. The highest BCUT2D eigenvalue weighted by molar-refractivity contribution is 7.91. The van der Waals surface area contributed by atoms with Crippen LogP contribution in [0.4, 0.5) is 0 Å². The third-order valence-electron chi connectivity index (χ3n) is 3.89. The fourth-order valence-electron chi connectivity index (χ4n) is 2.69. The van der Waals surface area contributed by atoms with Crippen molar-refractivity contribution in [3.63, 3.8) is 0 Å². The molecule has 1 atom stereocenters. The maximum absolute atomic E-state index is 12.5. The first-order chi connectivity index (χ1) is 10.6. The average Bonchev–Trinajstić information content (AvgIpc) is 3.15. The Balaban J connectivity index is 1.81. The Bertz CT molecular complexity index is 770. The highest BCUT2D eigenvalue weighted by Crippen LogP contribution is 2.25. The molecule has 1 saturated carbocycles. The quantitative estimate of drug-likeness (QED) is 0.821. The van der Waals surface area contributed by atoms with Crippen molar-refractivity contribution >= 4 is 15.6 Å². The van der Waals surface area contributed by atoms with E-state index in [0.717, 1.165) is 12.8 Å². The second kappa shape index (κ2) is 5.96. The number of nitrogens with zero attached hydrogens (tertiary/aromatic N) is 4. The van der Waals surface area contributed by atoms with Crippen molar-refractivity contribution in [2.75, 3.05) is 5.75 Å². The van der Waals surface area contributed by atoms with Gasteiger partial charge in [0.1, 0.15) is 5.78 Å². The van der Waals surface area contributed by atoms with Gasteiger partial charge < -0.3 is 0 Å². The summed E-state index contributed by atoms with van der Waals surface area (Å²) in [6, 6.07) is 8.86. The Labute approximate surface area is 128 Å². The van der Waals surface area contributed by atoms with Gasteiger partial charge in [-0.1, -0.05) is 23.3 Å². The SMILES string of the molecule is O=C1CCCC1CCS(=O)(=O)c1nnnn1-c1ccccc1. The Morgan fingerprint density at radius 3 is 2.68 bits per heavy atom. The van der Waals surface area contributed by atoms with Gasteiger partial charge in [0.2, 0.25) is 9.84 Å². The van der Waals surface area contributed by atoms with Crippen LogP contribution in [0.1, 0.15) is 25.7 Å². The zero-order valence-corrected chi connectivity index (χ0v) is 12.7. The van der Waals surface area contributed by atoms with E-state index < -0.39 is 9.84 Å². The number of carbonyl (C=O) groups excluding carboxylic acids is 1. The predicted octanol–water partition coefficient (Wildman–Crippen LogP) is 1.20. The molecule has 116 valence electrons. The molecule has 0 saturated heterocycles. The summed E-state index contributed by atoms with van der Waals surface area (Å²) < 4.78 is 26.2. The number of hydrogen-bond acceptors (Lipinski definition) is 6. The largest absolute Gasteiger partial charge is 0.299 e. The number of Topliss-reactive ketones (excluding diaryl/α,β-unsaturated/α-hetero) is 1. The van der Waals surface area contributed by atoms with E-state index in [1.165, 1.54) is 4.68 Å². The molecule has 7 nitrogen and oxygen atoms in total. The molecule has 0 bridgehead atoms. The summed E-state index contributed by atoms with van der Waals surface area (Å²) in [4.78, 5) is 11.6. The van der Waals surface area contributed by atoms with Gasteiger partial charge in [0.15, 0.2) is 0 Å². The predicted molar refractivity (Wildman–Crippen MR) is 78.2 cm³/mol. The number of carbonyl (C=O) groups is 1. The van der Waals surface area contributed by atoms with E-state index in [1.54, 1.807) is 24.3 Å². The lowest BCUT2D eigenvalue weighted by molar-refractivity contribution is -0.120. The third kappa shape index (κ3) is 2.92. The molecule has 2 aromatic rings. The molecule has 1 heterocycles. The van der Waals surface area contributed by atoms with Crippen molar-refractivity contribution in [1.82, 2.24) is 20.2 Å². The fraction of sp³-hybridized carbons (Fsp3) is 0.429. The van der Waals surface area contributed by atoms with Crippen LogP contribution in [-0.4, -0.2) is 40.2 Å². The van der Waals surface area contributed by atoms with Gasteiger partial charge in [0, 0.05) is 12.3 Å². The van der Waals surface area contributed by atoms with E-state index >= 15 is 0 Å². The maximum atomic E-state index is 12.5. The molecule has 0 amide bonds. The minimum Gasteiger partial charge on any atom is -0.299 e. The van der Waals surface area contributed by atoms with Crippen molar-refractivity contribution in [2.24, 2.45) is 5.92 Å². The number of ketones is 1. The minimum atomic E-state index is -3.63. The molecular formula is C14H16N4O3S. The van der Waals surface area contributed by atoms with Crippen LogP contribution in [-0.2, 0) is 14.6 Å². The average molecular weight is 320 g/mol. The van der Waals surface area contributed by atoms with Crippen LogP contribution in [0.3, 0.4) is 0 Å². The highest BCUT2D eigenvalue weighted by atomic mass is 32.2. The number of rotatable bonds is 5. The number of tetrazole rings is 1. The van der Waals surface area contributed by atoms with Crippen molar-refractivity contribution < 1.29 is 13.2 Å². The third-order valence-corrected chi connectivity index (χ3v) is 5.47. The van der Waals surface area contributed by atoms with Crippen LogP contribution in [0, 0.1) is 5.92 Å². The van der Waals surface area contributed by atoms with Crippen LogP contribution < -0.4 is 0 Å². The summed E-state index contributed by atoms with van der Waals surface area (Å²) in [5.41, 5.74) is 0.586. The molecule has 0 spiro atoms. The number of sulfone groups is 1. The first-order valence-corrected chi connectivity index (χ1v) is 8.82. The molecule has 1 unspecified atom stereocenters. The van der Waals surface area contributed by atoms with Crippen molar-refractivity contribution in [3.8, 4) is 5.69 Å². The van der Waals surface area contributed by atoms with Crippen LogP contribution in [0.2, 0.25) is 0 Å². The number of benzene rings is 1. The van der Waals surface area contributed by atoms with Gasteiger partial charge >= 0.3 is 0 Å². The van der Waals surface area contributed by atoms with E-state index in [1.807, 2.05) is 6.07 Å². The van der Waals surface area contributed by atoms with Gasteiger partial charge in [-0.05, 0) is 41.8 Å². The number of hydrogen-bond donors (Lipinski definition) is 0. The Kier molecular flexibility index (Phi) is 4.02. The molecule has 0 aliphatic heterocycles. The molecule has 0 radical (unpaired) electrons. The highest BCUT2D eigenvalue weighted by Gasteiger charge is 2.29. The zero-order chi connectivity index (χ0) is 15.6. The molecule has 1 aliphatic rings. The van der Waals surface area contributed by atoms with Gasteiger partial charge in [0.05, 0.1) is 11.4 Å².